The zero-order valence-corrected chi connectivity index (χ0v) is 11.9. The first-order chi connectivity index (χ1) is 8.56. The summed E-state index contributed by atoms with van der Waals surface area (Å²) in [7, 11) is 0. The van der Waals surface area contributed by atoms with Gasteiger partial charge in [-0.2, -0.15) is 0 Å². The van der Waals surface area contributed by atoms with E-state index in [0.717, 1.165) is 25.7 Å². The fourth-order valence-electron chi connectivity index (χ4n) is 2.48. The van der Waals surface area contributed by atoms with E-state index in [0.29, 0.717) is 17.7 Å². The molecule has 2 rings (SSSR count). The van der Waals surface area contributed by atoms with Crippen LogP contribution in [-0.2, 0) is 0 Å². The fraction of sp³-hybridized carbons (Fsp3) is 0.500. The molecule has 0 spiro atoms. The van der Waals surface area contributed by atoms with E-state index in [9.17, 15) is 9.18 Å². The Morgan fingerprint density at radius 3 is 2.58 bits per heavy atom. The van der Waals surface area contributed by atoms with Gasteiger partial charge in [-0.3, -0.25) is 4.79 Å². The van der Waals surface area contributed by atoms with Crippen LogP contribution in [-0.4, -0.2) is 18.0 Å². The first-order valence-corrected chi connectivity index (χ1v) is 6.35. The van der Waals surface area contributed by atoms with E-state index < -0.39 is 0 Å². The average Bonchev–Trinajstić information content (AvgIpc) is 2.82. The number of hydrogen-bond acceptors (Lipinski definition) is 2. The Hall–Kier alpha value is -1.13. The van der Waals surface area contributed by atoms with Gasteiger partial charge in [-0.05, 0) is 37.5 Å². The van der Waals surface area contributed by atoms with Crippen LogP contribution >= 0.6 is 12.4 Å². The van der Waals surface area contributed by atoms with Gasteiger partial charge in [0, 0.05) is 12.1 Å². The summed E-state index contributed by atoms with van der Waals surface area (Å²) in [6, 6.07) is 4.55. The molecule has 19 heavy (non-hydrogen) atoms. The van der Waals surface area contributed by atoms with Gasteiger partial charge >= 0.3 is 0 Å². The van der Waals surface area contributed by atoms with Crippen LogP contribution in [0.25, 0.3) is 0 Å². The van der Waals surface area contributed by atoms with Crippen LogP contribution in [0.15, 0.2) is 18.2 Å². The lowest BCUT2D eigenvalue weighted by Crippen LogP contribution is -2.51. The SMILES string of the molecule is Cc1ccc(C(=O)NC2(CN)CCCC2)cc1F.Cl. The molecule has 106 valence electrons. The first-order valence-electron chi connectivity index (χ1n) is 6.35. The molecular formula is C14H20ClFN2O. The Morgan fingerprint density at radius 2 is 2.05 bits per heavy atom. The zero-order valence-electron chi connectivity index (χ0n) is 11.0. The second kappa shape index (κ2) is 6.35. The number of halogens is 2. The Bertz CT molecular complexity index is 459. The highest BCUT2D eigenvalue weighted by molar-refractivity contribution is 5.94. The van der Waals surface area contributed by atoms with Crippen molar-refractivity contribution in [2.24, 2.45) is 5.73 Å². The van der Waals surface area contributed by atoms with Gasteiger partial charge in [-0.25, -0.2) is 4.39 Å². The molecule has 0 unspecified atom stereocenters. The van der Waals surface area contributed by atoms with Gasteiger partial charge in [0.2, 0.25) is 0 Å². The molecule has 0 atom stereocenters. The van der Waals surface area contributed by atoms with Crippen molar-refractivity contribution in [2.45, 2.75) is 38.1 Å². The van der Waals surface area contributed by atoms with Crippen molar-refractivity contribution >= 4 is 18.3 Å². The van der Waals surface area contributed by atoms with Crippen molar-refractivity contribution in [3.63, 3.8) is 0 Å². The van der Waals surface area contributed by atoms with Gasteiger partial charge in [0.15, 0.2) is 0 Å². The molecule has 1 saturated carbocycles. The van der Waals surface area contributed by atoms with E-state index in [1.165, 1.54) is 6.07 Å². The molecule has 0 saturated heterocycles. The van der Waals surface area contributed by atoms with Gasteiger partial charge in [0.05, 0.1) is 5.54 Å². The molecule has 1 aromatic rings. The number of nitrogens with two attached hydrogens (primary N) is 1. The lowest BCUT2D eigenvalue weighted by Gasteiger charge is -2.28. The molecule has 0 aromatic heterocycles. The molecule has 3 N–H and O–H groups in total. The molecule has 3 nitrogen and oxygen atoms in total. The van der Waals surface area contributed by atoms with Gasteiger partial charge in [0.1, 0.15) is 5.82 Å². The molecule has 1 fully saturated rings. The van der Waals surface area contributed by atoms with E-state index in [1.807, 2.05) is 0 Å². The summed E-state index contributed by atoms with van der Waals surface area (Å²) in [5.41, 5.74) is 6.37. The average molecular weight is 287 g/mol. The number of amides is 1. The summed E-state index contributed by atoms with van der Waals surface area (Å²) >= 11 is 0. The monoisotopic (exact) mass is 286 g/mol. The van der Waals surface area contributed by atoms with Crippen LogP contribution < -0.4 is 11.1 Å². The van der Waals surface area contributed by atoms with E-state index in [2.05, 4.69) is 5.32 Å². The maximum Gasteiger partial charge on any atom is 0.251 e. The summed E-state index contributed by atoms with van der Waals surface area (Å²) in [4.78, 5) is 12.1. The Kier molecular flexibility index (Phi) is 5.32. The fourth-order valence-corrected chi connectivity index (χ4v) is 2.48. The van der Waals surface area contributed by atoms with Crippen molar-refractivity contribution in [1.82, 2.24) is 5.32 Å². The third-order valence-corrected chi connectivity index (χ3v) is 3.76. The highest BCUT2D eigenvalue weighted by Crippen LogP contribution is 2.29. The molecule has 0 radical (unpaired) electrons. The molecule has 0 heterocycles. The molecule has 0 bridgehead atoms. The third-order valence-electron chi connectivity index (χ3n) is 3.76. The van der Waals surface area contributed by atoms with E-state index in [1.54, 1.807) is 19.1 Å². The largest absolute Gasteiger partial charge is 0.345 e. The van der Waals surface area contributed by atoms with Crippen molar-refractivity contribution in [2.75, 3.05) is 6.54 Å². The molecule has 1 amide bonds. The topological polar surface area (TPSA) is 55.1 Å². The Morgan fingerprint density at radius 1 is 1.42 bits per heavy atom. The van der Waals surface area contributed by atoms with Gasteiger partial charge in [0.25, 0.3) is 5.91 Å². The summed E-state index contributed by atoms with van der Waals surface area (Å²) in [5, 5.41) is 2.97. The second-order valence-electron chi connectivity index (χ2n) is 5.11. The molecular weight excluding hydrogens is 267 g/mol. The minimum absolute atomic E-state index is 0. The van der Waals surface area contributed by atoms with Crippen molar-refractivity contribution < 1.29 is 9.18 Å². The van der Waals surface area contributed by atoms with Crippen LogP contribution in [0.3, 0.4) is 0 Å². The number of nitrogens with one attached hydrogen (secondary N) is 1. The third kappa shape index (κ3) is 3.45. The van der Waals surface area contributed by atoms with E-state index in [4.69, 9.17) is 5.73 Å². The minimum Gasteiger partial charge on any atom is -0.345 e. The van der Waals surface area contributed by atoms with Gasteiger partial charge in [-0.15, -0.1) is 12.4 Å². The number of aryl methyl sites for hydroxylation is 1. The summed E-state index contributed by atoms with van der Waals surface area (Å²) in [5.74, 6) is -0.586. The van der Waals surface area contributed by atoms with Crippen LogP contribution in [0.5, 0.6) is 0 Å². The number of carbonyl (C=O) groups is 1. The quantitative estimate of drug-likeness (QED) is 0.897. The normalized spacial score (nSPS) is 16.8. The van der Waals surface area contributed by atoms with Crippen molar-refractivity contribution in [1.29, 1.82) is 0 Å². The lowest BCUT2D eigenvalue weighted by atomic mass is 9.97. The van der Waals surface area contributed by atoms with Gasteiger partial charge in [-0.1, -0.05) is 18.9 Å². The molecule has 1 aliphatic rings. The lowest BCUT2D eigenvalue weighted by molar-refractivity contribution is 0.0902. The van der Waals surface area contributed by atoms with Crippen LogP contribution in [0.1, 0.15) is 41.6 Å². The summed E-state index contributed by atoms with van der Waals surface area (Å²) in [6.45, 7) is 2.11. The molecule has 0 aliphatic heterocycles. The summed E-state index contributed by atoms with van der Waals surface area (Å²) < 4.78 is 13.4. The molecule has 1 aliphatic carbocycles. The number of benzene rings is 1. The number of hydrogen-bond donors (Lipinski definition) is 2. The number of carbonyl (C=O) groups excluding carboxylic acids is 1. The second-order valence-corrected chi connectivity index (χ2v) is 5.11. The number of rotatable bonds is 3. The maximum atomic E-state index is 13.4. The highest BCUT2D eigenvalue weighted by Gasteiger charge is 2.34. The summed E-state index contributed by atoms with van der Waals surface area (Å²) in [6.07, 6.45) is 3.98. The Labute approximate surface area is 119 Å². The highest BCUT2D eigenvalue weighted by atomic mass is 35.5. The van der Waals surface area contributed by atoms with E-state index >= 15 is 0 Å². The van der Waals surface area contributed by atoms with Crippen LogP contribution in [0.2, 0.25) is 0 Å². The molecule has 1 aromatic carbocycles. The van der Waals surface area contributed by atoms with Crippen LogP contribution in [0, 0.1) is 12.7 Å². The van der Waals surface area contributed by atoms with Crippen LogP contribution in [0.4, 0.5) is 4.39 Å². The maximum absolute atomic E-state index is 13.4. The Balaban J connectivity index is 0.00000180. The smallest absolute Gasteiger partial charge is 0.251 e. The van der Waals surface area contributed by atoms with Crippen molar-refractivity contribution in [3.8, 4) is 0 Å². The standard InChI is InChI=1S/C14H19FN2O.ClH/c1-10-4-5-11(8-12(10)15)13(18)17-14(9-16)6-2-3-7-14;/h4-5,8H,2-3,6-7,9,16H2,1H3,(H,17,18);1H. The minimum atomic E-state index is -0.351. The molecule has 5 heteroatoms. The van der Waals surface area contributed by atoms with Gasteiger partial charge < -0.3 is 11.1 Å². The first kappa shape index (κ1) is 15.9. The predicted octanol–water partition coefficient (Wildman–Crippen LogP) is 2.56. The van der Waals surface area contributed by atoms with E-state index in [-0.39, 0.29) is 29.7 Å². The zero-order chi connectivity index (χ0) is 13.2. The van der Waals surface area contributed by atoms with Crippen molar-refractivity contribution in [3.05, 3.63) is 35.1 Å². The predicted molar refractivity (Wildman–Crippen MR) is 76.1 cm³/mol.